The third-order valence-corrected chi connectivity index (χ3v) is 2.47. The summed E-state index contributed by atoms with van der Waals surface area (Å²) < 4.78 is 1.59. The second kappa shape index (κ2) is 4.82. The number of amides is 1. The number of rotatable bonds is 3. The van der Waals surface area contributed by atoms with Crippen LogP contribution in [0.15, 0.2) is 24.8 Å². The van der Waals surface area contributed by atoms with Crippen LogP contribution in [0.2, 0.25) is 0 Å². The van der Waals surface area contributed by atoms with Gasteiger partial charge in [0.25, 0.3) is 5.91 Å². The van der Waals surface area contributed by atoms with Gasteiger partial charge >= 0.3 is 0 Å². The molecule has 7 heteroatoms. The number of aryl methyl sites for hydroxylation is 1. The first-order chi connectivity index (χ1) is 8.58. The smallest absolute Gasteiger partial charge is 0.253 e. The molecular weight excluding hydrogens is 234 g/mol. The van der Waals surface area contributed by atoms with E-state index in [0.717, 1.165) is 0 Å². The van der Waals surface area contributed by atoms with Crippen molar-refractivity contribution in [3.8, 4) is 5.75 Å². The molecule has 1 atom stereocenters. The van der Waals surface area contributed by atoms with Gasteiger partial charge in [0.15, 0.2) is 0 Å². The van der Waals surface area contributed by atoms with Crippen molar-refractivity contribution in [1.29, 1.82) is 0 Å². The topological polar surface area (TPSA) is 92.9 Å². The lowest BCUT2D eigenvalue weighted by molar-refractivity contribution is 0.0937. The normalized spacial score (nSPS) is 12.1. The minimum atomic E-state index is -0.325. The van der Waals surface area contributed by atoms with Crippen LogP contribution in [-0.4, -0.2) is 30.8 Å². The molecule has 1 amide bonds. The average Bonchev–Trinajstić information content (AvgIpc) is 2.75. The van der Waals surface area contributed by atoms with Crippen molar-refractivity contribution >= 4 is 5.91 Å². The van der Waals surface area contributed by atoms with E-state index in [0.29, 0.717) is 11.4 Å². The quantitative estimate of drug-likeness (QED) is 0.819. The Morgan fingerprint density at radius 3 is 2.89 bits per heavy atom. The van der Waals surface area contributed by atoms with Gasteiger partial charge in [-0.2, -0.15) is 5.10 Å². The molecule has 2 rings (SSSR count). The van der Waals surface area contributed by atoms with Crippen molar-refractivity contribution in [2.45, 2.75) is 13.0 Å². The number of hydrogen-bond acceptors (Lipinski definition) is 5. The van der Waals surface area contributed by atoms with Crippen LogP contribution in [0.3, 0.4) is 0 Å². The first kappa shape index (κ1) is 12.0. The highest BCUT2D eigenvalue weighted by Gasteiger charge is 2.15. The van der Waals surface area contributed by atoms with Gasteiger partial charge in [-0.25, -0.2) is 4.98 Å². The summed E-state index contributed by atoms with van der Waals surface area (Å²) >= 11 is 0. The van der Waals surface area contributed by atoms with E-state index in [9.17, 15) is 9.90 Å². The summed E-state index contributed by atoms with van der Waals surface area (Å²) in [7, 11) is 1.75. The predicted octanol–water partition coefficient (Wildman–Crippen LogP) is 0.407. The van der Waals surface area contributed by atoms with Gasteiger partial charge in [-0.1, -0.05) is 0 Å². The van der Waals surface area contributed by atoms with E-state index < -0.39 is 0 Å². The summed E-state index contributed by atoms with van der Waals surface area (Å²) in [6, 6.07) is 1.07. The molecule has 0 saturated carbocycles. The van der Waals surface area contributed by atoms with E-state index in [-0.39, 0.29) is 17.7 Å². The predicted molar refractivity (Wildman–Crippen MR) is 62.8 cm³/mol. The van der Waals surface area contributed by atoms with Crippen molar-refractivity contribution < 1.29 is 9.90 Å². The maximum absolute atomic E-state index is 11.9. The van der Waals surface area contributed by atoms with Crippen molar-refractivity contribution in [2.24, 2.45) is 7.05 Å². The lowest BCUT2D eigenvalue weighted by Crippen LogP contribution is -2.28. The Bertz CT molecular complexity index is 566. The van der Waals surface area contributed by atoms with Crippen LogP contribution in [0.5, 0.6) is 5.75 Å². The molecule has 94 valence electrons. The van der Waals surface area contributed by atoms with Crippen molar-refractivity contribution in [3.63, 3.8) is 0 Å². The maximum atomic E-state index is 11.9. The Morgan fingerprint density at radius 1 is 1.50 bits per heavy atom. The number of aromatic nitrogens is 4. The molecule has 2 heterocycles. The van der Waals surface area contributed by atoms with E-state index in [2.05, 4.69) is 20.4 Å². The Kier molecular flexibility index (Phi) is 3.22. The van der Waals surface area contributed by atoms with Gasteiger partial charge in [-0.3, -0.25) is 14.5 Å². The molecule has 0 bridgehead atoms. The fourth-order valence-electron chi connectivity index (χ4n) is 1.59. The summed E-state index contributed by atoms with van der Waals surface area (Å²) in [5.41, 5.74) is 0.295. The largest absolute Gasteiger partial charge is 0.506 e. The molecule has 2 aromatic rings. The van der Waals surface area contributed by atoms with Gasteiger partial charge < -0.3 is 10.4 Å². The van der Waals surface area contributed by atoms with Crippen LogP contribution >= 0.6 is 0 Å². The van der Waals surface area contributed by atoms with Crippen LogP contribution in [-0.2, 0) is 7.05 Å². The Morgan fingerprint density at radius 2 is 2.28 bits per heavy atom. The minimum Gasteiger partial charge on any atom is -0.506 e. The van der Waals surface area contributed by atoms with E-state index >= 15 is 0 Å². The molecule has 0 unspecified atom stereocenters. The van der Waals surface area contributed by atoms with E-state index in [1.54, 1.807) is 18.7 Å². The lowest BCUT2D eigenvalue weighted by Gasteiger charge is -2.12. The molecule has 0 spiro atoms. The lowest BCUT2D eigenvalue weighted by atomic mass is 10.2. The van der Waals surface area contributed by atoms with E-state index in [4.69, 9.17) is 0 Å². The summed E-state index contributed by atoms with van der Waals surface area (Å²) in [4.78, 5) is 19.7. The molecule has 2 N–H and O–H groups in total. The van der Waals surface area contributed by atoms with E-state index in [1.165, 1.54) is 24.8 Å². The summed E-state index contributed by atoms with van der Waals surface area (Å²) in [5, 5.41) is 15.9. The Hall–Kier alpha value is -2.44. The van der Waals surface area contributed by atoms with Gasteiger partial charge in [0.1, 0.15) is 17.9 Å². The third-order valence-electron chi connectivity index (χ3n) is 2.47. The van der Waals surface area contributed by atoms with Crippen LogP contribution < -0.4 is 5.32 Å². The summed E-state index contributed by atoms with van der Waals surface area (Å²) in [6.07, 6.45) is 4.08. The molecule has 0 aliphatic rings. The van der Waals surface area contributed by atoms with Gasteiger partial charge in [0, 0.05) is 13.2 Å². The van der Waals surface area contributed by atoms with Gasteiger partial charge in [-0.15, -0.1) is 0 Å². The highest BCUT2D eigenvalue weighted by atomic mass is 16.3. The number of hydrogen-bond donors (Lipinski definition) is 2. The molecule has 0 fully saturated rings. The fourth-order valence-corrected chi connectivity index (χ4v) is 1.59. The molecule has 18 heavy (non-hydrogen) atoms. The molecule has 0 aliphatic heterocycles. The standard InChI is InChI=1S/C11H13N5O2/c1-7(10-13-6-14-16(10)2)15-11(18)8-3-9(17)5-12-4-8/h3-7,17H,1-2H3,(H,15,18)/t7-/m0/s1. The molecule has 0 aliphatic carbocycles. The van der Waals surface area contributed by atoms with Gasteiger partial charge in [-0.05, 0) is 13.0 Å². The number of nitrogens with one attached hydrogen (secondary N) is 1. The zero-order chi connectivity index (χ0) is 13.1. The van der Waals surface area contributed by atoms with Gasteiger partial charge in [0.2, 0.25) is 0 Å². The van der Waals surface area contributed by atoms with Crippen LogP contribution in [0.4, 0.5) is 0 Å². The second-order valence-corrected chi connectivity index (χ2v) is 3.87. The number of pyridine rings is 1. The first-order valence-electron chi connectivity index (χ1n) is 5.36. The molecule has 0 saturated heterocycles. The fraction of sp³-hybridized carbons (Fsp3) is 0.273. The van der Waals surface area contributed by atoms with Gasteiger partial charge in [0.05, 0.1) is 17.8 Å². The third kappa shape index (κ3) is 2.45. The maximum Gasteiger partial charge on any atom is 0.253 e. The number of aromatic hydroxyl groups is 1. The van der Waals surface area contributed by atoms with Crippen molar-refractivity contribution in [3.05, 3.63) is 36.2 Å². The van der Waals surface area contributed by atoms with Crippen LogP contribution in [0, 0.1) is 0 Å². The van der Waals surface area contributed by atoms with Crippen molar-refractivity contribution in [1.82, 2.24) is 25.1 Å². The average molecular weight is 247 g/mol. The molecular formula is C11H13N5O2. The monoisotopic (exact) mass is 247 g/mol. The number of carbonyl (C=O) groups is 1. The highest BCUT2D eigenvalue weighted by Crippen LogP contribution is 2.11. The number of carbonyl (C=O) groups excluding carboxylic acids is 1. The summed E-state index contributed by atoms with van der Waals surface area (Å²) in [5.74, 6) is 0.277. The molecule has 0 aromatic carbocycles. The van der Waals surface area contributed by atoms with E-state index in [1.807, 2.05) is 0 Å². The zero-order valence-corrected chi connectivity index (χ0v) is 10.0. The highest BCUT2D eigenvalue weighted by molar-refractivity contribution is 5.94. The SMILES string of the molecule is C[C@H](NC(=O)c1cncc(O)c1)c1ncnn1C. The molecule has 0 radical (unpaired) electrons. The molecule has 2 aromatic heterocycles. The molecule has 7 nitrogen and oxygen atoms in total. The zero-order valence-electron chi connectivity index (χ0n) is 10.0. The van der Waals surface area contributed by atoms with Crippen LogP contribution in [0.25, 0.3) is 0 Å². The Balaban J connectivity index is 2.10. The van der Waals surface area contributed by atoms with Crippen molar-refractivity contribution in [2.75, 3.05) is 0 Å². The Labute approximate surface area is 104 Å². The minimum absolute atomic E-state index is 0.0473. The number of nitrogens with zero attached hydrogens (tertiary/aromatic N) is 4. The van der Waals surface area contributed by atoms with Crippen LogP contribution in [0.1, 0.15) is 29.1 Å². The first-order valence-corrected chi connectivity index (χ1v) is 5.36. The second-order valence-electron chi connectivity index (χ2n) is 3.87. The summed E-state index contributed by atoms with van der Waals surface area (Å²) in [6.45, 7) is 1.80.